The summed E-state index contributed by atoms with van der Waals surface area (Å²) >= 11 is 5.91. The Morgan fingerprint density at radius 2 is 1.83 bits per heavy atom. The Morgan fingerprint density at radius 3 is 2.52 bits per heavy atom. The molecule has 9 nitrogen and oxygen atoms in total. The van der Waals surface area contributed by atoms with E-state index in [4.69, 9.17) is 16.3 Å². The smallest absolute Gasteiger partial charge is 0.313 e. The normalized spacial score (nSPS) is 26.0. The van der Waals surface area contributed by atoms with Crippen LogP contribution in [0.2, 0.25) is 5.02 Å². The van der Waals surface area contributed by atoms with Crippen LogP contribution in [0.5, 0.6) is 0 Å². The van der Waals surface area contributed by atoms with Crippen LogP contribution in [0.3, 0.4) is 0 Å². The molecule has 0 radical (unpaired) electrons. The van der Waals surface area contributed by atoms with Crippen molar-refractivity contribution in [3.8, 4) is 5.69 Å². The molecule has 1 aliphatic carbocycles. The van der Waals surface area contributed by atoms with E-state index in [0.717, 1.165) is 4.90 Å². The number of carbonyl (C=O) groups is 3. The van der Waals surface area contributed by atoms with Gasteiger partial charge in [0.05, 0.1) is 36.0 Å². The van der Waals surface area contributed by atoms with Crippen LogP contribution in [0, 0.1) is 17.8 Å². The number of esters is 1. The van der Waals surface area contributed by atoms with Crippen molar-refractivity contribution in [1.29, 1.82) is 0 Å². The van der Waals surface area contributed by atoms with Crippen molar-refractivity contribution in [1.82, 2.24) is 25.1 Å². The fourth-order valence-corrected chi connectivity index (χ4v) is 3.97. The maximum absolute atomic E-state index is 12.8. The van der Waals surface area contributed by atoms with Gasteiger partial charge in [0.2, 0.25) is 11.8 Å². The molecule has 10 heteroatoms. The SMILES string of the molecule is CCOC(=O)[C@H]1C=C[C@@H](c2nnn(-c3ccc(Cl)cc3)n2)[C@@H]2C(=O)N(C)C(=O)[C@@H]21. The number of rotatable bonds is 4. The molecule has 0 saturated carbocycles. The van der Waals surface area contributed by atoms with Gasteiger partial charge in [0, 0.05) is 12.1 Å². The molecule has 150 valence electrons. The quantitative estimate of drug-likeness (QED) is 0.421. The molecule has 0 spiro atoms. The number of hydrogen-bond acceptors (Lipinski definition) is 7. The first-order valence-corrected chi connectivity index (χ1v) is 9.52. The Hall–Kier alpha value is -3.07. The summed E-state index contributed by atoms with van der Waals surface area (Å²) in [7, 11) is 1.42. The minimum Gasteiger partial charge on any atom is -0.466 e. The molecule has 1 aliphatic heterocycles. The van der Waals surface area contributed by atoms with Crippen molar-refractivity contribution in [2.75, 3.05) is 13.7 Å². The van der Waals surface area contributed by atoms with E-state index in [9.17, 15) is 14.4 Å². The highest BCUT2D eigenvalue weighted by atomic mass is 35.5. The lowest BCUT2D eigenvalue weighted by atomic mass is 9.71. The Balaban J connectivity index is 1.70. The molecule has 4 atom stereocenters. The number of nitrogens with zero attached hydrogens (tertiary/aromatic N) is 5. The molecule has 1 saturated heterocycles. The zero-order valence-electron chi connectivity index (χ0n) is 15.7. The van der Waals surface area contributed by atoms with Crippen molar-refractivity contribution in [3.05, 3.63) is 47.3 Å². The summed E-state index contributed by atoms with van der Waals surface area (Å²) in [5, 5.41) is 13.1. The Bertz CT molecular complexity index is 1000. The van der Waals surface area contributed by atoms with Gasteiger partial charge in [-0.25, -0.2) is 0 Å². The largest absolute Gasteiger partial charge is 0.466 e. The monoisotopic (exact) mass is 415 g/mol. The third kappa shape index (κ3) is 3.21. The summed E-state index contributed by atoms with van der Waals surface area (Å²) in [5.41, 5.74) is 0.653. The number of halogens is 1. The predicted molar refractivity (Wildman–Crippen MR) is 101 cm³/mol. The van der Waals surface area contributed by atoms with Crippen molar-refractivity contribution in [3.63, 3.8) is 0 Å². The van der Waals surface area contributed by atoms with Gasteiger partial charge < -0.3 is 4.74 Å². The molecule has 2 heterocycles. The molecule has 0 bridgehead atoms. The third-order valence-electron chi connectivity index (χ3n) is 5.26. The number of likely N-dealkylation sites (tertiary alicyclic amines) is 1. The van der Waals surface area contributed by atoms with E-state index in [1.165, 1.54) is 11.8 Å². The molecule has 1 fully saturated rings. The summed E-state index contributed by atoms with van der Waals surface area (Å²) < 4.78 is 5.09. The average molecular weight is 416 g/mol. The number of ether oxygens (including phenoxy) is 1. The highest BCUT2D eigenvalue weighted by Crippen LogP contribution is 2.45. The van der Waals surface area contributed by atoms with Gasteiger partial charge in [-0.15, -0.1) is 15.0 Å². The van der Waals surface area contributed by atoms with Crippen molar-refractivity contribution in [2.45, 2.75) is 12.8 Å². The predicted octanol–water partition coefficient (Wildman–Crippen LogP) is 1.38. The molecule has 0 N–H and O–H groups in total. The van der Waals surface area contributed by atoms with E-state index in [0.29, 0.717) is 16.5 Å². The second-order valence-corrected chi connectivity index (χ2v) is 7.33. The van der Waals surface area contributed by atoms with Crippen LogP contribution in [0.15, 0.2) is 36.4 Å². The number of benzene rings is 1. The first-order valence-electron chi connectivity index (χ1n) is 9.14. The van der Waals surface area contributed by atoms with Gasteiger partial charge >= 0.3 is 5.97 Å². The molecule has 2 aliphatic rings. The topological polar surface area (TPSA) is 107 Å². The van der Waals surface area contributed by atoms with Gasteiger partial charge in [-0.05, 0) is 36.4 Å². The molecular formula is C19H18ClN5O4. The van der Waals surface area contributed by atoms with E-state index in [-0.39, 0.29) is 12.5 Å². The number of aromatic nitrogens is 4. The number of tetrazole rings is 1. The Kier molecular flexibility index (Phi) is 4.91. The maximum Gasteiger partial charge on any atom is 0.313 e. The molecule has 4 rings (SSSR count). The minimum atomic E-state index is -0.843. The number of allylic oxidation sites excluding steroid dienone is 1. The molecule has 0 unspecified atom stereocenters. The average Bonchev–Trinajstić information content (AvgIpc) is 3.29. The number of carbonyl (C=O) groups excluding carboxylic acids is 3. The Morgan fingerprint density at radius 1 is 1.14 bits per heavy atom. The summed E-state index contributed by atoms with van der Waals surface area (Å²) in [4.78, 5) is 40.2. The summed E-state index contributed by atoms with van der Waals surface area (Å²) in [6.45, 7) is 1.89. The highest BCUT2D eigenvalue weighted by Gasteiger charge is 2.56. The van der Waals surface area contributed by atoms with Crippen LogP contribution in [0.1, 0.15) is 18.7 Å². The van der Waals surface area contributed by atoms with Crippen LogP contribution in [0.4, 0.5) is 0 Å². The zero-order chi connectivity index (χ0) is 20.7. The van der Waals surface area contributed by atoms with Crippen molar-refractivity contribution >= 4 is 29.4 Å². The first-order chi connectivity index (χ1) is 13.9. The van der Waals surface area contributed by atoms with Gasteiger partial charge in [-0.2, -0.15) is 0 Å². The highest BCUT2D eigenvalue weighted by molar-refractivity contribution is 6.30. The molecule has 2 amide bonds. The van der Waals surface area contributed by atoms with Crippen molar-refractivity contribution in [2.24, 2.45) is 17.8 Å². The van der Waals surface area contributed by atoms with Crippen LogP contribution in [-0.2, 0) is 19.1 Å². The first kappa shape index (κ1) is 19.3. The second-order valence-electron chi connectivity index (χ2n) is 6.89. The van der Waals surface area contributed by atoms with E-state index >= 15 is 0 Å². The van der Waals surface area contributed by atoms with Gasteiger partial charge in [-0.1, -0.05) is 23.8 Å². The van der Waals surface area contributed by atoms with Gasteiger partial charge in [0.25, 0.3) is 0 Å². The molecule has 29 heavy (non-hydrogen) atoms. The molecule has 1 aromatic carbocycles. The molecule has 2 aromatic rings. The van der Waals surface area contributed by atoms with Crippen molar-refractivity contribution < 1.29 is 19.1 Å². The summed E-state index contributed by atoms with van der Waals surface area (Å²) in [5.74, 6) is -4.02. The van der Waals surface area contributed by atoms with E-state index in [1.807, 2.05) is 0 Å². The van der Waals surface area contributed by atoms with Gasteiger partial charge in [0.15, 0.2) is 5.82 Å². The lowest BCUT2D eigenvalue weighted by molar-refractivity contribution is -0.151. The Labute approximate surface area is 171 Å². The molecular weight excluding hydrogens is 398 g/mol. The van der Waals surface area contributed by atoms with Gasteiger partial charge in [0.1, 0.15) is 0 Å². The number of imide groups is 1. The summed E-state index contributed by atoms with van der Waals surface area (Å²) in [6, 6.07) is 6.88. The molecule has 1 aromatic heterocycles. The fourth-order valence-electron chi connectivity index (χ4n) is 3.85. The van der Waals surface area contributed by atoms with Crippen LogP contribution >= 0.6 is 11.6 Å². The second kappa shape index (κ2) is 7.40. The van der Waals surface area contributed by atoms with Crippen LogP contribution in [0.25, 0.3) is 5.69 Å². The van der Waals surface area contributed by atoms with Crippen LogP contribution < -0.4 is 0 Å². The minimum absolute atomic E-state index is 0.193. The standard InChI is InChI=1S/C19H18ClN5O4/c1-3-29-19(28)13-9-8-12(14-15(13)18(27)24(2)17(14)26)16-21-23-25(22-16)11-6-4-10(20)5-7-11/h4-9,12-15H,3H2,1-2H3/t12-,13+,14+,15-/m1/s1. The summed E-state index contributed by atoms with van der Waals surface area (Å²) in [6.07, 6.45) is 3.30. The lowest BCUT2D eigenvalue weighted by Gasteiger charge is -2.29. The zero-order valence-corrected chi connectivity index (χ0v) is 16.5. The maximum atomic E-state index is 12.8. The van der Waals surface area contributed by atoms with E-state index in [2.05, 4.69) is 15.4 Å². The lowest BCUT2D eigenvalue weighted by Crippen LogP contribution is -2.37. The van der Waals surface area contributed by atoms with E-state index < -0.39 is 35.5 Å². The fraction of sp³-hybridized carbons (Fsp3) is 0.368. The number of hydrogen-bond donors (Lipinski definition) is 0. The number of fused-ring (bicyclic) bond motifs is 1. The third-order valence-corrected chi connectivity index (χ3v) is 5.51. The van der Waals surface area contributed by atoms with Gasteiger partial charge in [-0.3, -0.25) is 19.3 Å². The van der Waals surface area contributed by atoms with E-state index in [1.54, 1.807) is 43.3 Å². The number of amides is 2. The van der Waals surface area contributed by atoms with Crippen LogP contribution in [-0.4, -0.2) is 56.5 Å².